The predicted octanol–water partition coefficient (Wildman–Crippen LogP) is 2.24. The van der Waals surface area contributed by atoms with Gasteiger partial charge in [-0.2, -0.15) is 0 Å². The van der Waals surface area contributed by atoms with Gasteiger partial charge in [0.15, 0.2) is 0 Å². The summed E-state index contributed by atoms with van der Waals surface area (Å²) >= 11 is 3.51. The van der Waals surface area contributed by atoms with Gasteiger partial charge in [-0.15, -0.1) is 0 Å². The number of nitrogens with one attached hydrogen (secondary N) is 2. The fourth-order valence-electron chi connectivity index (χ4n) is 1.97. The summed E-state index contributed by atoms with van der Waals surface area (Å²) in [6.07, 6.45) is 4.28. The van der Waals surface area contributed by atoms with E-state index < -0.39 is 0 Å². The highest BCUT2D eigenvalue weighted by molar-refractivity contribution is 9.10. The summed E-state index contributed by atoms with van der Waals surface area (Å²) in [5.74, 6) is 2.18. The molecular weight excluding hydrogens is 296 g/mol. The van der Waals surface area contributed by atoms with Crippen molar-refractivity contribution in [3.8, 4) is 0 Å². The second-order valence-electron chi connectivity index (χ2n) is 4.68. The van der Waals surface area contributed by atoms with E-state index in [4.69, 9.17) is 0 Å². The maximum Gasteiger partial charge on any atom is 0.145 e. The van der Waals surface area contributed by atoms with Crippen molar-refractivity contribution < 1.29 is 5.11 Å². The molecule has 0 aliphatic heterocycles. The fourth-order valence-corrected chi connectivity index (χ4v) is 2.45. The van der Waals surface area contributed by atoms with Gasteiger partial charge in [0.2, 0.25) is 0 Å². The molecule has 0 spiro atoms. The van der Waals surface area contributed by atoms with Gasteiger partial charge in [0.1, 0.15) is 22.4 Å². The second-order valence-corrected chi connectivity index (χ2v) is 5.48. The van der Waals surface area contributed by atoms with Gasteiger partial charge in [-0.25, -0.2) is 9.97 Å². The van der Waals surface area contributed by atoms with Gasteiger partial charge < -0.3 is 15.7 Å². The van der Waals surface area contributed by atoms with Gasteiger partial charge in [-0.1, -0.05) is 6.92 Å². The molecule has 1 aliphatic carbocycles. The number of hydrogen-bond acceptors (Lipinski definition) is 5. The summed E-state index contributed by atoms with van der Waals surface area (Å²) in [6, 6.07) is 0. The molecule has 6 heteroatoms. The highest BCUT2D eigenvalue weighted by Gasteiger charge is 2.26. The van der Waals surface area contributed by atoms with Crippen LogP contribution < -0.4 is 10.6 Å². The van der Waals surface area contributed by atoms with Crippen molar-refractivity contribution >= 4 is 27.6 Å². The highest BCUT2D eigenvalue weighted by Crippen LogP contribution is 2.30. The normalized spacial score (nSPS) is 22.4. The molecule has 0 saturated heterocycles. The SMILES string of the molecule is CCCNc1ncnc(NCC2CC(O)C2)c1Br. The lowest BCUT2D eigenvalue weighted by Crippen LogP contribution is -2.33. The van der Waals surface area contributed by atoms with Crippen LogP contribution in [0.2, 0.25) is 0 Å². The standard InChI is InChI=1S/C12H19BrN4O/c1-2-3-14-11-10(13)12(17-7-16-11)15-6-8-4-9(18)5-8/h7-9,18H,2-6H2,1H3,(H2,14,15,16,17). The van der Waals surface area contributed by atoms with Crippen LogP contribution >= 0.6 is 15.9 Å². The molecule has 1 saturated carbocycles. The molecule has 100 valence electrons. The first-order chi connectivity index (χ1) is 8.70. The lowest BCUT2D eigenvalue weighted by molar-refractivity contribution is 0.0486. The first-order valence-electron chi connectivity index (χ1n) is 6.37. The Balaban J connectivity index is 1.91. The molecule has 1 heterocycles. The van der Waals surface area contributed by atoms with Gasteiger partial charge in [0.05, 0.1) is 6.10 Å². The van der Waals surface area contributed by atoms with E-state index in [2.05, 4.69) is 43.5 Å². The molecule has 2 rings (SSSR count). The van der Waals surface area contributed by atoms with Crippen LogP contribution in [0.15, 0.2) is 10.8 Å². The van der Waals surface area contributed by atoms with Crippen LogP contribution in [0.25, 0.3) is 0 Å². The number of rotatable bonds is 6. The Labute approximate surface area is 116 Å². The monoisotopic (exact) mass is 314 g/mol. The molecule has 0 radical (unpaired) electrons. The van der Waals surface area contributed by atoms with Crippen LogP contribution in [0.4, 0.5) is 11.6 Å². The van der Waals surface area contributed by atoms with Crippen LogP contribution in [-0.4, -0.2) is 34.3 Å². The van der Waals surface area contributed by atoms with E-state index in [1.54, 1.807) is 6.33 Å². The Hall–Kier alpha value is -0.880. The van der Waals surface area contributed by atoms with Crippen molar-refractivity contribution in [2.24, 2.45) is 5.92 Å². The number of anilines is 2. The summed E-state index contributed by atoms with van der Waals surface area (Å²) in [5, 5.41) is 15.8. The molecule has 0 unspecified atom stereocenters. The van der Waals surface area contributed by atoms with Crippen LogP contribution in [-0.2, 0) is 0 Å². The van der Waals surface area contributed by atoms with Crippen LogP contribution in [0, 0.1) is 5.92 Å². The molecule has 5 nitrogen and oxygen atoms in total. The molecule has 1 fully saturated rings. The van der Waals surface area contributed by atoms with E-state index >= 15 is 0 Å². The van der Waals surface area contributed by atoms with Crippen molar-refractivity contribution in [1.82, 2.24) is 9.97 Å². The van der Waals surface area contributed by atoms with Gasteiger partial charge >= 0.3 is 0 Å². The number of aromatic nitrogens is 2. The maximum atomic E-state index is 9.24. The highest BCUT2D eigenvalue weighted by atomic mass is 79.9. The predicted molar refractivity (Wildman–Crippen MR) is 75.7 cm³/mol. The second kappa shape index (κ2) is 6.33. The topological polar surface area (TPSA) is 70.1 Å². The van der Waals surface area contributed by atoms with Crippen LogP contribution in [0.3, 0.4) is 0 Å². The van der Waals surface area contributed by atoms with Crippen molar-refractivity contribution in [3.63, 3.8) is 0 Å². The number of hydrogen-bond donors (Lipinski definition) is 3. The van der Waals surface area contributed by atoms with Gasteiger partial charge in [0, 0.05) is 13.1 Å². The van der Waals surface area contributed by atoms with Gasteiger partial charge in [0.25, 0.3) is 0 Å². The summed E-state index contributed by atoms with van der Waals surface area (Å²) in [6.45, 7) is 3.85. The maximum absolute atomic E-state index is 9.24. The number of aliphatic hydroxyl groups is 1. The zero-order valence-electron chi connectivity index (χ0n) is 10.5. The average molecular weight is 315 g/mol. The smallest absolute Gasteiger partial charge is 0.145 e. The van der Waals surface area contributed by atoms with E-state index in [1.807, 2.05) is 0 Å². The quantitative estimate of drug-likeness (QED) is 0.751. The van der Waals surface area contributed by atoms with Crippen molar-refractivity contribution in [3.05, 3.63) is 10.8 Å². The van der Waals surface area contributed by atoms with E-state index in [9.17, 15) is 5.11 Å². The minimum absolute atomic E-state index is 0.104. The third-order valence-corrected chi connectivity index (χ3v) is 3.85. The lowest BCUT2D eigenvalue weighted by Gasteiger charge is -2.31. The Morgan fingerprint density at radius 3 is 2.61 bits per heavy atom. The van der Waals surface area contributed by atoms with E-state index in [-0.39, 0.29) is 6.10 Å². The third-order valence-electron chi connectivity index (χ3n) is 3.10. The molecule has 0 aromatic carbocycles. The minimum Gasteiger partial charge on any atom is -0.393 e. The summed E-state index contributed by atoms with van der Waals surface area (Å²) in [7, 11) is 0. The fraction of sp³-hybridized carbons (Fsp3) is 0.667. The Bertz CT molecular complexity index is 396. The largest absolute Gasteiger partial charge is 0.393 e. The van der Waals surface area contributed by atoms with Gasteiger partial charge in [-0.3, -0.25) is 0 Å². The number of aliphatic hydroxyl groups excluding tert-OH is 1. The number of halogens is 1. The average Bonchev–Trinajstić information content (AvgIpc) is 2.33. The van der Waals surface area contributed by atoms with E-state index in [0.29, 0.717) is 5.92 Å². The summed E-state index contributed by atoms with van der Waals surface area (Å²) < 4.78 is 0.873. The lowest BCUT2D eigenvalue weighted by atomic mass is 9.82. The number of nitrogens with zero attached hydrogens (tertiary/aromatic N) is 2. The summed E-state index contributed by atoms with van der Waals surface area (Å²) in [5.41, 5.74) is 0. The van der Waals surface area contributed by atoms with E-state index in [0.717, 1.165) is 48.5 Å². The third kappa shape index (κ3) is 3.32. The molecule has 3 N–H and O–H groups in total. The molecule has 1 aromatic heterocycles. The minimum atomic E-state index is -0.104. The molecule has 0 bridgehead atoms. The first kappa shape index (κ1) is 13.5. The molecule has 0 amide bonds. The van der Waals surface area contributed by atoms with Crippen LogP contribution in [0.5, 0.6) is 0 Å². The van der Waals surface area contributed by atoms with Crippen molar-refractivity contribution in [1.29, 1.82) is 0 Å². The summed E-state index contributed by atoms with van der Waals surface area (Å²) in [4.78, 5) is 8.43. The molecular formula is C12H19BrN4O. The molecule has 0 atom stereocenters. The zero-order valence-corrected chi connectivity index (χ0v) is 12.1. The molecule has 1 aromatic rings. The molecule has 1 aliphatic rings. The van der Waals surface area contributed by atoms with Crippen LogP contribution in [0.1, 0.15) is 26.2 Å². The van der Waals surface area contributed by atoms with E-state index in [1.165, 1.54) is 0 Å². The first-order valence-corrected chi connectivity index (χ1v) is 7.16. The Morgan fingerprint density at radius 1 is 1.33 bits per heavy atom. The van der Waals surface area contributed by atoms with Crippen molar-refractivity contribution in [2.45, 2.75) is 32.3 Å². The Morgan fingerprint density at radius 2 is 2.00 bits per heavy atom. The Kier molecular flexibility index (Phi) is 4.77. The van der Waals surface area contributed by atoms with Gasteiger partial charge in [-0.05, 0) is 41.1 Å². The zero-order chi connectivity index (χ0) is 13.0. The van der Waals surface area contributed by atoms with Crippen molar-refractivity contribution in [2.75, 3.05) is 23.7 Å². The molecule has 18 heavy (non-hydrogen) atoms.